The number of rotatable bonds is 7. The third-order valence-electron chi connectivity index (χ3n) is 7.09. The lowest BCUT2D eigenvalue weighted by atomic mass is 10.0. The van der Waals surface area contributed by atoms with Crippen molar-refractivity contribution in [1.29, 1.82) is 0 Å². The van der Waals surface area contributed by atoms with Gasteiger partial charge in [-0.15, -0.1) is 11.3 Å². The Morgan fingerprint density at radius 1 is 1.12 bits per heavy atom. The second kappa shape index (κ2) is 12.7. The zero-order valence-corrected chi connectivity index (χ0v) is 26.6. The standard InChI is InChI=1S/C32H33IN4O3S/c1-5-21-8-11-24(40-4)17-28(21)37-29(16-20(2)3)25(31(38)36-14-12-34-13-15-36)18-26(32(37)39)30-35-27(19-41-30)22-6-9-23(33)10-7-22/h6-11,16-19,34H,5,12-15H2,1-4H3. The van der Waals surface area contributed by atoms with Gasteiger partial charge in [0.1, 0.15) is 10.8 Å². The quantitative estimate of drug-likeness (QED) is 0.233. The highest BCUT2D eigenvalue weighted by Crippen LogP contribution is 2.32. The maximum atomic E-state index is 14.5. The summed E-state index contributed by atoms with van der Waals surface area (Å²) in [5.74, 6) is 0.548. The van der Waals surface area contributed by atoms with Gasteiger partial charge in [0.15, 0.2) is 0 Å². The number of thiazole rings is 1. The van der Waals surface area contributed by atoms with Crippen molar-refractivity contribution in [2.24, 2.45) is 0 Å². The van der Waals surface area contributed by atoms with E-state index < -0.39 is 0 Å². The van der Waals surface area contributed by atoms with Crippen LogP contribution in [0.3, 0.4) is 0 Å². The number of nitrogens with one attached hydrogen (secondary N) is 1. The summed E-state index contributed by atoms with van der Waals surface area (Å²) in [6.07, 6.45) is 2.64. The number of allylic oxidation sites excluding steroid dienone is 1. The molecule has 3 heterocycles. The molecule has 7 nitrogen and oxygen atoms in total. The number of hydrogen-bond acceptors (Lipinski definition) is 6. The van der Waals surface area contributed by atoms with Gasteiger partial charge in [-0.1, -0.05) is 30.7 Å². The average Bonchev–Trinajstić information content (AvgIpc) is 3.47. The van der Waals surface area contributed by atoms with Crippen LogP contribution in [0, 0.1) is 3.57 Å². The van der Waals surface area contributed by atoms with Crippen LogP contribution in [0.5, 0.6) is 5.75 Å². The molecule has 2 aromatic carbocycles. The monoisotopic (exact) mass is 680 g/mol. The minimum absolute atomic E-state index is 0.0932. The molecule has 1 fully saturated rings. The molecule has 0 radical (unpaired) electrons. The number of methoxy groups -OCH3 is 1. The largest absolute Gasteiger partial charge is 0.497 e. The second-order valence-corrected chi connectivity index (χ2v) is 12.3. The van der Waals surface area contributed by atoms with Crippen LogP contribution in [-0.4, -0.2) is 53.6 Å². The molecule has 0 spiro atoms. The van der Waals surface area contributed by atoms with Crippen molar-refractivity contribution < 1.29 is 9.53 Å². The fraction of sp³-hybridized carbons (Fsp3) is 0.281. The Balaban J connectivity index is 1.80. The van der Waals surface area contributed by atoms with E-state index in [9.17, 15) is 9.59 Å². The number of benzene rings is 2. The fourth-order valence-electron chi connectivity index (χ4n) is 4.98. The molecule has 5 rings (SSSR count). The molecule has 1 aliphatic heterocycles. The van der Waals surface area contributed by atoms with E-state index in [-0.39, 0.29) is 11.5 Å². The van der Waals surface area contributed by atoms with E-state index in [1.54, 1.807) is 17.7 Å². The maximum absolute atomic E-state index is 14.5. The first kappa shape index (κ1) is 29.2. The zero-order valence-electron chi connectivity index (χ0n) is 23.7. The molecule has 1 saturated heterocycles. The molecule has 1 aliphatic rings. The van der Waals surface area contributed by atoms with Gasteiger partial charge in [0.2, 0.25) is 0 Å². The van der Waals surface area contributed by atoms with Crippen molar-refractivity contribution >= 4 is 45.9 Å². The number of amides is 1. The number of nitrogens with zero attached hydrogens (tertiary/aromatic N) is 3. The number of ether oxygens (including phenoxy) is 1. The van der Waals surface area contributed by atoms with E-state index in [1.165, 1.54) is 11.3 Å². The number of halogens is 1. The molecule has 0 atom stereocenters. The molecule has 212 valence electrons. The van der Waals surface area contributed by atoms with E-state index in [4.69, 9.17) is 9.72 Å². The van der Waals surface area contributed by atoms with Crippen LogP contribution in [0.25, 0.3) is 33.6 Å². The summed E-state index contributed by atoms with van der Waals surface area (Å²) in [6.45, 7) is 8.69. The lowest BCUT2D eigenvalue weighted by Gasteiger charge is -2.29. The smallest absolute Gasteiger partial charge is 0.265 e. The topological polar surface area (TPSA) is 76.5 Å². The summed E-state index contributed by atoms with van der Waals surface area (Å²) in [5, 5.41) is 5.86. The van der Waals surface area contributed by atoms with E-state index in [0.717, 1.165) is 39.1 Å². The highest BCUT2D eigenvalue weighted by Gasteiger charge is 2.27. The fourth-order valence-corrected chi connectivity index (χ4v) is 6.17. The normalized spacial score (nSPS) is 13.2. The molecule has 4 aromatic rings. The highest BCUT2D eigenvalue weighted by molar-refractivity contribution is 14.1. The van der Waals surface area contributed by atoms with Crippen molar-refractivity contribution in [3.8, 4) is 33.3 Å². The summed E-state index contributed by atoms with van der Waals surface area (Å²) in [5.41, 5.74) is 5.68. The first-order chi connectivity index (χ1) is 19.8. The van der Waals surface area contributed by atoms with Crippen LogP contribution in [-0.2, 0) is 6.42 Å². The van der Waals surface area contributed by atoms with Crippen LogP contribution >= 0.6 is 33.9 Å². The summed E-state index contributed by atoms with van der Waals surface area (Å²) in [4.78, 5) is 35.4. The SMILES string of the molecule is CCc1ccc(OC)cc1-n1c(C=C(C)C)c(C(=O)N2CCNCC2)cc(-c2nc(-c3ccc(I)cc3)cs2)c1=O. The average molecular weight is 681 g/mol. The van der Waals surface area contributed by atoms with Gasteiger partial charge in [-0.2, -0.15) is 0 Å². The Bertz CT molecular complexity index is 1660. The molecule has 1 amide bonds. The van der Waals surface area contributed by atoms with Crippen molar-refractivity contribution in [2.75, 3.05) is 33.3 Å². The van der Waals surface area contributed by atoms with Crippen molar-refractivity contribution in [3.63, 3.8) is 0 Å². The van der Waals surface area contributed by atoms with Crippen molar-refractivity contribution in [3.05, 3.63) is 90.2 Å². The minimum Gasteiger partial charge on any atom is -0.497 e. The molecule has 9 heteroatoms. The predicted octanol–water partition coefficient (Wildman–Crippen LogP) is 6.27. The maximum Gasteiger partial charge on any atom is 0.265 e. The zero-order chi connectivity index (χ0) is 29.1. The van der Waals surface area contributed by atoms with E-state index in [1.807, 2.05) is 72.7 Å². The number of pyridine rings is 1. The molecule has 2 aromatic heterocycles. The summed E-state index contributed by atoms with van der Waals surface area (Å²) < 4.78 is 8.39. The number of carbonyl (C=O) groups excluding carboxylic acids is 1. The molecule has 0 unspecified atom stereocenters. The molecular formula is C32H33IN4O3S. The van der Waals surface area contributed by atoms with Crippen LogP contribution in [0.2, 0.25) is 0 Å². The number of aryl methyl sites for hydroxylation is 1. The lowest BCUT2D eigenvalue weighted by molar-refractivity contribution is 0.0735. The molecule has 41 heavy (non-hydrogen) atoms. The third-order valence-corrected chi connectivity index (χ3v) is 8.68. The lowest BCUT2D eigenvalue weighted by Crippen LogP contribution is -2.47. The van der Waals surface area contributed by atoms with Gasteiger partial charge in [-0.3, -0.25) is 14.2 Å². The number of piperazine rings is 1. The van der Waals surface area contributed by atoms with Crippen LogP contribution in [0.1, 0.15) is 42.4 Å². The Morgan fingerprint density at radius 3 is 2.51 bits per heavy atom. The first-order valence-corrected chi connectivity index (χ1v) is 15.6. The van der Waals surface area contributed by atoms with E-state index >= 15 is 0 Å². The van der Waals surface area contributed by atoms with Gasteiger partial charge >= 0.3 is 0 Å². The first-order valence-electron chi connectivity index (χ1n) is 13.6. The van der Waals surface area contributed by atoms with Crippen molar-refractivity contribution in [1.82, 2.24) is 19.8 Å². The Labute approximate surface area is 258 Å². The van der Waals surface area contributed by atoms with E-state index in [2.05, 4.69) is 34.8 Å². The van der Waals surface area contributed by atoms with Gasteiger partial charge in [-0.25, -0.2) is 4.98 Å². The van der Waals surface area contributed by atoms with Gasteiger partial charge in [-0.05, 0) is 78.8 Å². The minimum atomic E-state index is -0.221. The number of aromatic nitrogens is 2. The Hall–Kier alpha value is -3.28. The number of carbonyl (C=O) groups is 1. The second-order valence-electron chi connectivity index (χ2n) is 10.2. The number of hydrogen-bond donors (Lipinski definition) is 1. The summed E-state index contributed by atoms with van der Waals surface area (Å²) in [7, 11) is 1.61. The summed E-state index contributed by atoms with van der Waals surface area (Å²) in [6, 6.07) is 15.6. The van der Waals surface area contributed by atoms with E-state index in [0.29, 0.717) is 52.8 Å². The third kappa shape index (κ3) is 6.17. The Morgan fingerprint density at radius 2 is 1.85 bits per heavy atom. The molecule has 0 saturated carbocycles. The van der Waals surface area contributed by atoms with Crippen LogP contribution < -0.4 is 15.6 Å². The van der Waals surface area contributed by atoms with Gasteiger partial charge in [0.05, 0.1) is 35.3 Å². The van der Waals surface area contributed by atoms with Gasteiger partial charge in [0.25, 0.3) is 11.5 Å². The van der Waals surface area contributed by atoms with Crippen LogP contribution in [0.4, 0.5) is 0 Å². The van der Waals surface area contributed by atoms with Gasteiger partial charge < -0.3 is 15.0 Å². The molecular weight excluding hydrogens is 647 g/mol. The van der Waals surface area contributed by atoms with Crippen LogP contribution in [0.15, 0.2) is 64.3 Å². The summed E-state index contributed by atoms with van der Waals surface area (Å²) >= 11 is 3.69. The molecule has 0 aliphatic carbocycles. The Kier molecular flexibility index (Phi) is 9.06. The molecule has 1 N–H and O–H groups in total. The molecule has 0 bridgehead atoms. The highest BCUT2D eigenvalue weighted by atomic mass is 127. The van der Waals surface area contributed by atoms with Crippen molar-refractivity contribution in [2.45, 2.75) is 27.2 Å². The van der Waals surface area contributed by atoms with Gasteiger partial charge in [0, 0.05) is 46.8 Å². The predicted molar refractivity (Wildman–Crippen MR) is 175 cm³/mol.